The maximum absolute atomic E-state index is 12.0. The molecule has 1 N–H and O–H groups in total. The van der Waals surface area contributed by atoms with Crippen LogP contribution in [0.1, 0.15) is 26.3 Å². The zero-order chi connectivity index (χ0) is 17.0. The maximum Gasteiger partial charge on any atom is 0.251 e. The van der Waals surface area contributed by atoms with Crippen molar-refractivity contribution in [2.24, 2.45) is 0 Å². The molecule has 23 heavy (non-hydrogen) atoms. The van der Waals surface area contributed by atoms with Gasteiger partial charge in [-0.2, -0.15) is 0 Å². The molecular weight excluding hydrogens is 318 g/mol. The first kappa shape index (κ1) is 16.7. The second kappa shape index (κ2) is 6.62. The molecule has 0 saturated heterocycles. The summed E-state index contributed by atoms with van der Waals surface area (Å²) in [6.45, 7) is 0.222. The lowest BCUT2D eigenvalue weighted by molar-refractivity contribution is -0.255. The molecule has 0 aliphatic rings. The van der Waals surface area contributed by atoms with Crippen molar-refractivity contribution in [2.45, 2.75) is 11.4 Å². The SMILES string of the molecule is CS(=O)(=O)c1ccc(C(=O)NCc2ccc(C(=O)[O-])cc2)cc1. The fourth-order valence-corrected chi connectivity index (χ4v) is 2.53. The summed E-state index contributed by atoms with van der Waals surface area (Å²) >= 11 is 0. The highest BCUT2D eigenvalue weighted by Crippen LogP contribution is 2.10. The quantitative estimate of drug-likeness (QED) is 0.853. The number of hydrogen-bond acceptors (Lipinski definition) is 5. The zero-order valence-corrected chi connectivity index (χ0v) is 13.1. The predicted octanol–water partition coefficient (Wildman–Crippen LogP) is 0.384. The Balaban J connectivity index is 2.00. The van der Waals surface area contributed by atoms with E-state index in [1.54, 1.807) is 12.1 Å². The summed E-state index contributed by atoms with van der Waals surface area (Å²) in [5.41, 5.74) is 1.14. The standard InChI is InChI=1S/C16H15NO5S/c1-23(21,22)14-8-6-12(7-9-14)15(18)17-10-11-2-4-13(5-3-11)16(19)20/h2-9H,10H2,1H3,(H,17,18)(H,19,20)/p-1. The number of sulfone groups is 1. The number of carbonyl (C=O) groups is 2. The molecule has 0 atom stereocenters. The van der Waals surface area contributed by atoms with Gasteiger partial charge in [-0.1, -0.05) is 24.3 Å². The van der Waals surface area contributed by atoms with E-state index >= 15 is 0 Å². The summed E-state index contributed by atoms with van der Waals surface area (Å²) in [6.07, 6.45) is 1.10. The number of amides is 1. The van der Waals surface area contributed by atoms with Crippen LogP contribution in [-0.2, 0) is 16.4 Å². The first-order valence-corrected chi connectivity index (χ1v) is 8.55. The summed E-state index contributed by atoms with van der Waals surface area (Å²) in [5, 5.41) is 13.3. The summed E-state index contributed by atoms with van der Waals surface area (Å²) in [4.78, 5) is 22.8. The molecule has 0 aliphatic carbocycles. The summed E-state index contributed by atoms with van der Waals surface area (Å²) in [6, 6.07) is 11.6. The number of hydrogen-bond donors (Lipinski definition) is 1. The second-order valence-electron chi connectivity index (χ2n) is 4.96. The summed E-state index contributed by atoms with van der Waals surface area (Å²) in [7, 11) is -3.30. The molecule has 7 heteroatoms. The maximum atomic E-state index is 12.0. The highest BCUT2D eigenvalue weighted by molar-refractivity contribution is 7.90. The average Bonchev–Trinajstić information content (AvgIpc) is 2.52. The Hall–Kier alpha value is -2.67. The zero-order valence-electron chi connectivity index (χ0n) is 12.3. The summed E-state index contributed by atoms with van der Waals surface area (Å²) < 4.78 is 22.7. The van der Waals surface area contributed by atoms with E-state index in [1.165, 1.54) is 36.4 Å². The molecule has 0 spiro atoms. The fraction of sp³-hybridized carbons (Fsp3) is 0.125. The Morgan fingerprint density at radius 3 is 1.96 bits per heavy atom. The second-order valence-corrected chi connectivity index (χ2v) is 6.98. The van der Waals surface area contributed by atoms with Crippen LogP contribution in [0.3, 0.4) is 0 Å². The van der Waals surface area contributed by atoms with Crippen molar-refractivity contribution >= 4 is 21.7 Å². The van der Waals surface area contributed by atoms with Crippen LogP contribution in [0.25, 0.3) is 0 Å². The first-order valence-electron chi connectivity index (χ1n) is 6.66. The van der Waals surface area contributed by atoms with Gasteiger partial charge < -0.3 is 15.2 Å². The molecule has 0 radical (unpaired) electrons. The molecule has 6 nitrogen and oxygen atoms in total. The third-order valence-electron chi connectivity index (χ3n) is 3.19. The Morgan fingerprint density at radius 2 is 1.48 bits per heavy atom. The highest BCUT2D eigenvalue weighted by Gasteiger charge is 2.09. The van der Waals surface area contributed by atoms with Gasteiger partial charge in [-0.05, 0) is 35.4 Å². The van der Waals surface area contributed by atoms with Gasteiger partial charge in [-0.15, -0.1) is 0 Å². The molecule has 0 bridgehead atoms. The lowest BCUT2D eigenvalue weighted by Gasteiger charge is -2.07. The smallest absolute Gasteiger partial charge is 0.251 e. The molecule has 0 fully saturated rings. The Labute approximate surface area is 133 Å². The van der Waals surface area contributed by atoms with Gasteiger partial charge in [-0.3, -0.25) is 4.79 Å². The third-order valence-corrected chi connectivity index (χ3v) is 4.32. The minimum Gasteiger partial charge on any atom is -0.545 e. The molecule has 0 aromatic heterocycles. The highest BCUT2D eigenvalue weighted by atomic mass is 32.2. The molecular formula is C16H14NO5S-. The van der Waals surface area contributed by atoms with Crippen LogP contribution in [0.4, 0.5) is 0 Å². The molecule has 0 aliphatic heterocycles. The van der Waals surface area contributed by atoms with Crippen LogP contribution in [0.5, 0.6) is 0 Å². The van der Waals surface area contributed by atoms with E-state index in [0.29, 0.717) is 5.56 Å². The van der Waals surface area contributed by atoms with Gasteiger partial charge in [-0.25, -0.2) is 8.42 Å². The van der Waals surface area contributed by atoms with Gasteiger partial charge in [0.05, 0.1) is 10.9 Å². The Bertz CT molecular complexity index is 824. The van der Waals surface area contributed by atoms with Crippen molar-refractivity contribution in [2.75, 3.05) is 6.26 Å². The van der Waals surface area contributed by atoms with E-state index in [4.69, 9.17) is 0 Å². The van der Waals surface area contributed by atoms with Crippen molar-refractivity contribution in [3.63, 3.8) is 0 Å². The van der Waals surface area contributed by atoms with Crippen molar-refractivity contribution in [3.05, 3.63) is 65.2 Å². The van der Waals surface area contributed by atoms with Crippen molar-refractivity contribution in [3.8, 4) is 0 Å². The number of rotatable bonds is 5. The van der Waals surface area contributed by atoms with Gasteiger partial charge in [0.25, 0.3) is 5.91 Å². The molecule has 2 rings (SSSR count). The van der Waals surface area contributed by atoms with E-state index in [9.17, 15) is 23.1 Å². The van der Waals surface area contributed by atoms with Crippen molar-refractivity contribution < 1.29 is 23.1 Å². The third kappa shape index (κ3) is 4.40. The molecule has 2 aromatic carbocycles. The summed E-state index contributed by atoms with van der Waals surface area (Å²) in [5.74, 6) is -1.61. The molecule has 120 valence electrons. The van der Waals surface area contributed by atoms with E-state index in [2.05, 4.69) is 5.32 Å². The fourth-order valence-electron chi connectivity index (χ4n) is 1.90. The van der Waals surface area contributed by atoms with E-state index in [1.807, 2.05) is 0 Å². The molecule has 1 amide bonds. The van der Waals surface area contributed by atoms with Gasteiger partial charge in [0.2, 0.25) is 0 Å². The van der Waals surface area contributed by atoms with Crippen molar-refractivity contribution in [1.82, 2.24) is 5.32 Å². The van der Waals surface area contributed by atoms with Crippen LogP contribution >= 0.6 is 0 Å². The lowest BCUT2D eigenvalue weighted by Crippen LogP contribution is -2.23. The van der Waals surface area contributed by atoms with Gasteiger partial charge in [0.1, 0.15) is 0 Å². The Morgan fingerprint density at radius 1 is 0.957 bits per heavy atom. The molecule has 2 aromatic rings. The molecule has 0 unspecified atom stereocenters. The topological polar surface area (TPSA) is 103 Å². The van der Waals surface area contributed by atoms with Crippen LogP contribution in [0.15, 0.2) is 53.4 Å². The largest absolute Gasteiger partial charge is 0.545 e. The number of benzene rings is 2. The van der Waals surface area contributed by atoms with E-state index in [-0.39, 0.29) is 22.9 Å². The molecule has 0 heterocycles. The van der Waals surface area contributed by atoms with E-state index < -0.39 is 15.8 Å². The predicted molar refractivity (Wildman–Crippen MR) is 81.5 cm³/mol. The van der Waals surface area contributed by atoms with E-state index in [0.717, 1.165) is 11.8 Å². The number of carboxylic acid groups (broad SMARTS) is 1. The molecule has 0 saturated carbocycles. The lowest BCUT2D eigenvalue weighted by atomic mass is 10.1. The number of carbonyl (C=O) groups excluding carboxylic acids is 2. The van der Waals surface area contributed by atoms with Gasteiger partial charge in [0, 0.05) is 18.4 Å². The number of nitrogens with one attached hydrogen (secondary N) is 1. The van der Waals surface area contributed by atoms with Crippen LogP contribution in [0.2, 0.25) is 0 Å². The Kier molecular flexibility index (Phi) is 4.80. The number of carboxylic acids is 1. The van der Waals surface area contributed by atoms with Gasteiger partial charge in [0.15, 0.2) is 9.84 Å². The van der Waals surface area contributed by atoms with Crippen LogP contribution in [0, 0.1) is 0 Å². The van der Waals surface area contributed by atoms with Crippen LogP contribution < -0.4 is 10.4 Å². The van der Waals surface area contributed by atoms with Gasteiger partial charge >= 0.3 is 0 Å². The van der Waals surface area contributed by atoms with Crippen LogP contribution in [-0.4, -0.2) is 26.6 Å². The number of aromatic carboxylic acids is 1. The monoisotopic (exact) mass is 332 g/mol. The first-order chi connectivity index (χ1) is 10.8. The minimum absolute atomic E-state index is 0.0661. The van der Waals surface area contributed by atoms with Crippen molar-refractivity contribution in [1.29, 1.82) is 0 Å². The normalized spacial score (nSPS) is 11.0. The minimum atomic E-state index is -3.30. The average molecular weight is 332 g/mol.